The molecule has 0 aliphatic heterocycles. The van der Waals surface area contributed by atoms with Gasteiger partial charge in [-0.15, -0.1) is 29.8 Å². The molecule has 0 aliphatic rings. The van der Waals surface area contributed by atoms with E-state index in [0.29, 0.717) is 0 Å². The summed E-state index contributed by atoms with van der Waals surface area (Å²) in [7, 11) is 0. The molecular weight excluding hydrogens is 438 g/mol. The first-order valence-corrected chi connectivity index (χ1v) is 7.76. The van der Waals surface area contributed by atoms with Crippen LogP contribution in [0.5, 0.6) is 0 Å². The van der Waals surface area contributed by atoms with Crippen molar-refractivity contribution < 1.29 is 25.6 Å². The number of aromatic nitrogens is 1. The summed E-state index contributed by atoms with van der Waals surface area (Å²) in [5.74, 6) is 0. The van der Waals surface area contributed by atoms with Gasteiger partial charge in [0.2, 0.25) is 0 Å². The molecule has 2 heteroatoms. The van der Waals surface area contributed by atoms with E-state index in [1.807, 2.05) is 6.07 Å². The van der Waals surface area contributed by atoms with Gasteiger partial charge in [0.25, 0.3) is 0 Å². The summed E-state index contributed by atoms with van der Waals surface area (Å²) in [5, 5.41) is 2.60. The van der Waals surface area contributed by atoms with E-state index in [-0.39, 0.29) is 21.1 Å². The molecule has 2 aromatic carbocycles. The third-order valence-corrected chi connectivity index (χ3v) is 3.98. The van der Waals surface area contributed by atoms with E-state index in [2.05, 4.69) is 73.1 Å². The fraction of sp³-hybridized carbons (Fsp3) is 0.250. The molecule has 0 spiro atoms. The van der Waals surface area contributed by atoms with Crippen molar-refractivity contribution in [1.29, 1.82) is 0 Å². The molecular formula is C20H21NW. The Balaban J connectivity index is 0.00000176. The van der Waals surface area contributed by atoms with Crippen LogP contribution in [0.4, 0.5) is 0 Å². The number of fused-ring (bicyclic) bond motifs is 1. The van der Waals surface area contributed by atoms with Gasteiger partial charge in [0.05, 0.1) is 0 Å². The predicted octanol–water partition coefficient (Wildman–Crippen LogP) is 4.56. The van der Waals surface area contributed by atoms with Gasteiger partial charge in [-0.05, 0) is 12.3 Å². The average molecular weight is 459 g/mol. The van der Waals surface area contributed by atoms with Crippen LogP contribution >= 0.6 is 0 Å². The molecule has 0 aliphatic carbocycles. The number of nitrogens with zero attached hydrogens (tertiary/aromatic N) is 1. The zero-order valence-electron chi connectivity index (χ0n) is 13.2. The van der Waals surface area contributed by atoms with Crippen LogP contribution in [0.15, 0.2) is 54.7 Å². The Labute approximate surface area is 147 Å². The van der Waals surface area contributed by atoms with E-state index in [4.69, 9.17) is 0 Å². The molecule has 0 amide bonds. The third kappa shape index (κ3) is 3.15. The molecule has 3 aromatic rings. The van der Waals surface area contributed by atoms with E-state index in [0.717, 1.165) is 19.4 Å². The summed E-state index contributed by atoms with van der Waals surface area (Å²) in [6.07, 6.45) is 4.44. The van der Waals surface area contributed by atoms with Crippen LogP contribution in [0, 0.1) is 6.07 Å². The van der Waals surface area contributed by atoms with Gasteiger partial charge in [-0.25, -0.2) is 4.57 Å². The molecule has 1 aromatic heterocycles. The molecule has 0 unspecified atom stereocenters. The molecule has 0 atom stereocenters. The smallest absolute Gasteiger partial charge is 0.161 e. The molecule has 0 saturated heterocycles. The Bertz CT molecular complexity index is 765. The topological polar surface area (TPSA) is 3.88 Å². The largest absolute Gasteiger partial charge is 0.239 e. The van der Waals surface area contributed by atoms with Crippen LogP contribution in [0.1, 0.15) is 25.8 Å². The maximum Gasteiger partial charge on any atom is 0.161 e. The van der Waals surface area contributed by atoms with Gasteiger partial charge in [-0.1, -0.05) is 49.6 Å². The minimum Gasteiger partial charge on any atom is -0.239 e. The van der Waals surface area contributed by atoms with Gasteiger partial charge in [-0.2, -0.15) is 0 Å². The van der Waals surface area contributed by atoms with E-state index < -0.39 is 0 Å². The summed E-state index contributed by atoms with van der Waals surface area (Å²) in [4.78, 5) is 0. The van der Waals surface area contributed by atoms with E-state index in [1.54, 1.807) is 0 Å². The maximum absolute atomic E-state index is 3.48. The second-order valence-electron chi connectivity index (χ2n) is 5.36. The molecule has 0 bridgehead atoms. The zero-order chi connectivity index (χ0) is 14.7. The van der Waals surface area contributed by atoms with Crippen LogP contribution < -0.4 is 4.57 Å². The van der Waals surface area contributed by atoms with Crippen molar-refractivity contribution in [2.45, 2.75) is 33.2 Å². The van der Waals surface area contributed by atoms with Gasteiger partial charge >= 0.3 is 0 Å². The molecule has 1 heterocycles. The zero-order valence-corrected chi connectivity index (χ0v) is 16.1. The van der Waals surface area contributed by atoms with Crippen LogP contribution in [-0.4, -0.2) is 0 Å². The van der Waals surface area contributed by atoms with Crippen molar-refractivity contribution in [3.05, 3.63) is 66.4 Å². The van der Waals surface area contributed by atoms with Crippen molar-refractivity contribution in [3.63, 3.8) is 0 Å². The molecule has 0 saturated carbocycles. The molecule has 22 heavy (non-hydrogen) atoms. The quantitative estimate of drug-likeness (QED) is 0.398. The van der Waals surface area contributed by atoms with Crippen LogP contribution in [0.25, 0.3) is 22.0 Å². The van der Waals surface area contributed by atoms with Crippen LogP contribution in [-0.2, 0) is 34.0 Å². The Morgan fingerprint density at radius 3 is 2.59 bits per heavy atom. The second-order valence-corrected chi connectivity index (χ2v) is 5.36. The Hall–Kier alpha value is -1.46. The Kier molecular flexibility index (Phi) is 5.91. The maximum atomic E-state index is 3.48. The molecule has 1 nitrogen and oxygen atoms in total. The minimum absolute atomic E-state index is 0. The average Bonchev–Trinajstić information content (AvgIpc) is 2.55. The molecule has 3 rings (SSSR count). The van der Waals surface area contributed by atoms with Gasteiger partial charge in [0, 0.05) is 32.5 Å². The second kappa shape index (κ2) is 7.70. The Morgan fingerprint density at radius 1 is 1.00 bits per heavy atom. The molecule has 0 fully saturated rings. The van der Waals surface area contributed by atoms with Crippen molar-refractivity contribution in [2.75, 3.05) is 0 Å². The van der Waals surface area contributed by atoms with Crippen molar-refractivity contribution >= 4 is 10.8 Å². The van der Waals surface area contributed by atoms with Crippen LogP contribution in [0.2, 0.25) is 0 Å². The predicted molar refractivity (Wildman–Crippen MR) is 88.1 cm³/mol. The van der Waals surface area contributed by atoms with Gasteiger partial charge < -0.3 is 0 Å². The SMILES string of the molecule is CCCc1ccc[c-]c1-c1c2ccccc2cc[n+]1CC.[W]. The fourth-order valence-electron chi connectivity index (χ4n) is 2.97. The number of rotatable bonds is 4. The standard InChI is InChI=1S/C20H21N.W/c1-3-9-16-10-5-7-12-18(16)20-19-13-8-6-11-17(19)14-15-21(20)4-2;/h5-8,10-11,13-15H,3-4,9H2,1-2H3;. The molecule has 0 radical (unpaired) electrons. The normalized spacial score (nSPS) is 10.5. The summed E-state index contributed by atoms with van der Waals surface area (Å²) >= 11 is 0. The summed E-state index contributed by atoms with van der Waals surface area (Å²) in [6.45, 7) is 5.39. The fourth-order valence-corrected chi connectivity index (χ4v) is 2.97. The van der Waals surface area contributed by atoms with Gasteiger partial charge in [0.15, 0.2) is 6.20 Å². The Morgan fingerprint density at radius 2 is 1.82 bits per heavy atom. The van der Waals surface area contributed by atoms with E-state index >= 15 is 0 Å². The number of aryl methyl sites for hydroxylation is 2. The van der Waals surface area contributed by atoms with Crippen LogP contribution in [0.3, 0.4) is 0 Å². The number of hydrogen-bond donors (Lipinski definition) is 0. The summed E-state index contributed by atoms with van der Waals surface area (Å²) < 4.78 is 2.33. The van der Waals surface area contributed by atoms with E-state index in [1.165, 1.54) is 27.6 Å². The molecule has 0 N–H and O–H groups in total. The summed E-state index contributed by atoms with van der Waals surface area (Å²) in [6, 6.07) is 20.7. The number of benzene rings is 2. The monoisotopic (exact) mass is 459 g/mol. The number of hydrogen-bond acceptors (Lipinski definition) is 0. The first kappa shape index (κ1) is 16.9. The third-order valence-electron chi connectivity index (χ3n) is 3.98. The van der Waals surface area contributed by atoms with Crippen molar-refractivity contribution in [2.24, 2.45) is 0 Å². The summed E-state index contributed by atoms with van der Waals surface area (Å²) in [5.41, 5.74) is 3.93. The minimum atomic E-state index is 0. The first-order valence-electron chi connectivity index (χ1n) is 7.76. The van der Waals surface area contributed by atoms with E-state index in [9.17, 15) is 0 Å². The van der Waals surface area contributed by atoms with Crippen molar-refractivity contribution in [3.8, 4) is 11.3 Å². The van der Waals surface area contributed by atoms with Gasteiger partial charge in [0.1, 0.15) is 12.2 Å². The van der Waals surface area contributed by atoms with Gasteiger partial charge in [-0.3, -0.25) is 0 Å². The first-order chi connectivity index (χ1) is 10.3. The van der Waals surface area contributed by atoms with Crippen molar-refractivity contribution in [1.82, 2.24) is 0 Å². The number of pyridine rings is 1. The molecule has 112 valence electrons.